The zero-order valence-electron chi connectivity index (χ0n) is 13.6. The fourth-order valence-electron chi connectivity index (χ4n) is 2.48. The average Bonchev–Trinajstić information content (AvgIpc) is 2.65. The van der Waals surface area contributed by atoms with Crippen molar-refractivity contribution in [2.45, 2.75) is 12.8 Å². The Morgan fingerprint density at radius 2 is 1.76 bits per heavy atom. The third-order valence-corrected chi connectivity index (χ3v) is 3.74. The van der Waals surface area contributed by atoms with E-state index in [1.165, 1.54) is 4.90 Å². The highest BCUT2D eigenvalue weighted by Gasteiger charge is 2.15. The number of fused-ring (bicyclic) bond motifs is 1. The van der Waals surface area contributed by atoms with E-state index in [0.29, 0.717) is 17.6 Å². The second kappa shape index (κ2) is 9.05. The molecule has 0 saturated heterocycles. The van der Waals surface area contributed by atoms with Crippen LogP contribution in [0.25, 0.3) is 10.8 Å². The first-order valence-electron chi connectivity index (χ1n) is 7.82. The van der Waals surface area contributed by atoms with Crippen LogP contribution >= 0.6 is 0 Å². The summed E-state index contributed by atoms with van der Waals surface area (Å²) >= 11 is 0. The van der Waals surface area contributed by atoms with Gasteiger partial charge in [-0.15, -0.1) is 0 Å². The number of carbonyl (C=O) groups excluding carboxylic acids is 2. The van der Waals surface area contributed by atoms with Crippen LogP contribution < -0.4 is 4.74 Å². The molecule has 2 rings (SSSR count). The molecule has 1 amide bonds. The van der Waals surface area contributed by atoms with Crippen LogP contribution in [0, 0.1) is 22.7 Å². The summed E-state index contributed by atoms with van der Waals surface area (Å²) < 4.78 is 5.55. The lowest BCUT2D eigenvalue weighted by Gasteiger charge is -2.20. The second-order valence-electron chi connectivity index (χ2n) is 5.30. The summed E-state index contributed by atoms with van der Waals surface area (Å²) in [6.45, 7) is 0.243. The lowest BCUT2D eigenvalue weighted by molar-refractivity contribution is -0.133. The van der Waals surface area contributed by atoms with Crippen LogP contribution in [0.4, 0.5) is 0 Å². The molecule has 0 heterocycles. The summed E-state index contributed by atoms with van der Waals surface area (Å²) in [5.74, 6) is 0.0121. The van der Waals surface area contributed by atoms with E-state index in [-0.39, 0.29) is 38.4 Å². The average molecular weight is 335 g/mol. The Labute approximate surface area is 145 Å². The monoisotopic (exact) mass is 335 g/mol. The highest BCUT2D eigenvalue weighted by molar-refractivity contribution is 6.00. The third-order valence-electron chi connectivity index (χ3n) is 3.74. The topological polar surface area (TPSA) is 94.2 Å². The molecule has 6 heteroatoms. The van der Waals surface area contributed by atoms with Gasteiger partial charge in [0, 0.05) is 13.1 Å². The fourth-order valence-corrected chi connectivity index (χ4v) is 2.48. The van der Waals surface area contributed by atoms with Gasteiger partial charge in [0.05, 0.1) is 30.5 Å². The van der Waals surface area contributed by atoms with Crippen molar-refractivity contribution in [3.8, 4) is 17.9 Å². The van der Waals surface area contributed by atoms with E-state index in [4.69, 9.17) is 15.3 Å². The number of aldehydes is 1. The molecule has 0 saturated carbocycles. The third kappa shape index (κ3) is 4.55. The molecule has 25 heavy (non-hydrogen) atoms. The van der Waals surface area contributed by atoms with Gasteiger partial charge in [0.15, 0.2) is 12.9 Å². The molecule has 0 atom stereocenters. The van der Waals surface area contributed by atoms with Gasteiger partial charge in [-0.1, -0.05) is 30.3 Å². The molecule has 0 spiro atoms. The van der Waals surface area contributed by atoms with Crippen molar-refractivity contribution in [3.63, 3.8) is 0 Å². The van der Waals surface area contributed by atoms with Crippen LogP contribution in [-0.2, 0) is 4.79 Å². The summed E-state index contributed by atoms with van der Waals surface area (Å²) in [4.78, 5) is 25.2. The quantitative estimate of drug-likeness (QED) is 0.691. The van der Waals surface area contributed by atoms with Gasteiger partial charge in [0.25, 0.3) is 5.91 Å². The summed E-state index contributed by atoms with van der Waals surface area (Å²) in [6.07, 6.45) is 1.09. The summed E-state index contributed by atoms with van der Waals surface area (Å²) in [7, 11) is 0. The zero-order chi connectivity index (χ0) is 18.1. The van der Waals surface area contributed by atoms with Crippen molar-refractivity contribution in [1.29, 1.82) is 10.5 Å². The number of rotatable bonds is 8. The van der Waals surface area contributed by atoms with Gasteiger partial charge in [-0.25, -0.2) is 0 Å². The van der Waals surface area contributed by atoms with Gasteiger partial charge in [-0.2, -0.15) is 10.5 Å². The Bertz CT molecular complexity index is 831. The van der Waals surface area contributed by atoms with E-state index in [1.54, 1.807) is 6.07 Å². The number of benzene rings is 2. The van der Waals surface area contributed by atoms with Crippen molar-refractivity contribution in [2.75, 3.05) is 19.7 Å². The summed E-state index contributed by atoms with van der Waals surface area (Å²) in [5, 5.41) is 19.0. The SMILES string of the molecule is N#CCCN(CCC#N)C(=O)COc1ccc2ccccc2c1C=O. The van der Waals surface area contributed by atoms with E-state index < -0.39 is 0 Å². The first-order chi connectivity index (χ1) is 12.2. The van der Waals surface area contributed by atoms with E-state index in [1.807, 2.05) is 42.5 Å². The smallest absolute Gasteiger partial charge is 0.260 e. The van der Waals surface area contributed by atoms with Crippen molar-refractivity contribution in [3.05, 3.63) is 42.0 Å². The van der Waals surface area contributed by atoms with Gasteiger partial charge < -0.3 is 9.64 Å². The van der Waals surface area contributed by atoms with E-state index in [0.717, 1.165) is 10.8 Å². The summed E-state index contributed by atoms with van der Waals surface area (Å²) in [5.41, 5.74) is 0.395. The fraction of sp³-hybridized carbons (Fsp3) is 0.263. The molecule has 0 N–H and O–H groups in total. The van der Waals surface area contributed by atoms with Crippen molar-refractivity contribution in [1.82, 2.24) is 4.90 Å². The van der Waals surface area contributed by atoms with Crippen molar-refractivity contribution in [2.24, 2.45) is 0 Å². The van der Waals surface area contributed by atoms with Crippen LogP contribution in [0.5, 0.6) is 5.75 Å². The molecule has 126 valence electrons. The Hall–Kier alpha value is -3.38. The lowest BCUT2D eigenvalue weighted by Crippen LogP contribution is -2.36. The number of ether oxygens (including phenoxy) is 1. The Balaban J connectivity index is 2.12. The van der Waals surface area contributed by atoms with Gasteiger partial charge in [-0.05, 0) is 16.8 Å². The highest BCUT2D eigenvalue weighted by atomic mass is 16.5. The number of nitriles is 2. The Morgan fingerprint density at radius 1 is 1.08 bits per heavy atom. The van der Waals surface area contributed by atoms with Crippen LogP contribution in [0.3, 0.4) is 0 Å². The van der Waals surface area contributed by atoms with E-state index >= 15 is 0 Å². The molecular weight excluding hydrogens is 318 g/mol. The molecule has 0 unspecified atom stereocenters. The standard InChI is InChI=1S/C19H17N3O3/c20-9-3-11-22(12-4-10-21)19(24)14-25-18-8-7-15-5-1-2-6-16(15)17(18)13-23/h1-2,5-8,13H,3-4,11-12,14H2. The number of carbonyl (C=O) groups is 2. The summed E-state index contributed by atoms with van der Waals surface area (Å²) in [6, 6.07) is 14.9. The molecule has 6 nitrogen and oxygen atoms in total. The van der Waals surface area contributed by atoms with Crippen LogP contribution in [0.1, 0.15) is 23.2 Å². The first-order valence-corrected chi connectivity index (χ1v) is 7.82. The van der Waals surface area contributed by atoms with Gasteiger partial charge in [0.1, 0.15) is 5.75 Å². The van der Waals surface area contributed by atoms with Gasteiger partial charge in [-0.3, -0.25) is 9.59 Å². The molecule has 2 aromatic rings. The minimum atomic E-state index is -0.324. The van der Waals surface area contributed by atoms with Gasteiger partial charge in [0.2, 0.25) is 0 Å². The molecule has 2 aromatic carbocycles. The van der Waals surface area contributed by atoms with Gasteiger partial charge >= 0.3 is 0 Å². The lowest BCUT2D eigenvalue weighted by atomic mass is 10.0. The zero-order valence-corrected chi connectivity index (χ0v) is 13.6. The minimum Gasteiger partial charge on any atom is -0.483 e. The molecule has 0 bridgehead atoms. The molecular formula is C19H17N3O3. The Morgan fingerprint density at radius 3 is 2.40 bits per heavy atom. The normalized spacial score (nSPS) is 9.84. The van der Waals surface area contributed by atoms with E-state index in [2.05, 4.69) is 0 Å². The van der Waals surface area contributed by atoms with Crippen LogP contribution in [0.15, 0.2) is 36.4 Å². The van der Waals surface area contributed by atoms with Crippen molar-refractivity contribution < 1.29 is 14.3 Å². The molecule has 0 aliphatic rings. The number of hydrogen-bond donors (Lipinski definition) is 0. The molecule has 0 aliphatic heterocycles. The second-order valence-corrected chi connectivity index (χ2v) is 5.30. The molecule has 0 fully saturated rings. The number of hydrogen-bond acceptors (Lipinski definition) is 5. The predicted octanol–water partition coefficient (Wildman–Crippen LogP) is 2.69. The molecule has 0 aliphatic carbocycles. The van der Waals surface area contributed by atoms with E-state index in [9.17, 15) is 9.59 Å². The maximum atomic E-state index is 12.3. The van der Waals surface area contributed by atoms with Crippen molar-refractivity contribution >= 4 is 23.0 Å². The van der Waals surface area contributed by atoms with Crippen LogP contribution in [0.2, 0.25) is 0 Å². The largest absolute Gasteiger partial charge is 0.483 e. The van der Waals surface area contributed by atoms with Crippen LogP contribution in [-0.4, -0.2) is 36.8 Å². The molecule has 0 aromatic heterocycles. The number of amides is 1. The number of nitrogens with zero attached hydrogens (tertiary/aromatic N) is 3. The predicted molar refractivity (Wildman–Crippen MR) is 91.9 cm³/mol. The Kier molecular flexibility index (Phi) is 6.50. The minimum absolute atomic E-state index is 0.187. The molecule has 0 radical (unpaired) electrons. The highest BCUT2D eigenvalue weighted by Crippen LogP contribution is 2.26. The maximum absolute atomic E-state index is 12.3. The first kappa shape index (κ1) is 18.0. The maximum Gasteiger partial charge on any atom is 0.260 e.